The first kappa shape index (κ1) is 21.8. The maximum atomic E-state index is 13.1. The number of carbonyl (C=O) groups is 1. The van der Waals surface area contributed by atoms with E-state index in [4.69, 9.17) is 0 Å². The first-order valence-corrected chi connectivity index (χ1v) is 12.4. The molecule has 3 saturated heterocycles. The Labute approximate surface area is 182 Å². The fraction of sp³-hybridized carbons (Fsp3) is 0.650. The molecule has 170 valence electrons. The standard InChI is InChI=1S/C20H29N5O5S/c26-20-21-9-13-24(20)16-6-5-10-22(15-16)18-8-7-17(14-19(18)25(27)28)31(29,30)23-11-3-1-2-4-12-23/h7-8,14,16H,1-6,9-13,15H2,(H,21,26). The summed E-state index contributed by atoms with van der Waals surface area (Å²) in [7, 11) is -3.77. The van der Waals surface area contributed by atoms with Gasteiger partial charge < -0.3 is 15.1 Å². The number of sulfonamides is 1. The molecule has 0 bridgehead atoms. The van der Waals surface area contributed by atoms with Crippen molar-refractivity contribution in [1.29, 1.82) is 0 Å². The summed E-state index contributed by atoms with van der Waals surface area (Å²) < 4.78 is 27.7. The van der Waals surface area contributed by atoms with Crippen LogP contribution >= 0.6 is 0 Å². The van der Waals surface area contributed by atoms with E-state index in [1.165, 1.54) is 16.4 Å². The minimum atomic E-state index is -3.77. The summed E-state index contributed by atoms with van der Waals surface area (Å²) in [6, 6.07) is 4.11. The fourth-order valence-corrected chi connectivity index (χ4v) is 6.31. The lowest BCUT2D eigenvalue weighted by atomic mass is 10.0. The van der Waals surface area contributed by atoms with Crippen molar-refractivity contribution in [3.63, 3.8) is 0 Å². The summed E-state index contributed by atoms with van der Waals surface area (Å²) in [5.74, 6) is 0. The fourth-order valence-electron chi connectivity index (χ4n) is 4.77. The SMILES string of the molecule is O=C1NCCN1C1CCCN(c2ccc(S(=O)(=O)N3CCCCCC3)cc2[N+](=O)[O-])C1. The zero-order valence-electron chi connectivity index (χ0n) is 17.5. The van der Waals surface area contributed by atoms with Crippen LogP contribution in [-0.2, 0) is 10.0 Å². The van der Waals surface area contributed by atoms with Crippen molar-refractivity contribution in [3.8, 4) is 0 Å². The molecule has 4 rings (SSSR count). The van der Waals surface area contributed by atoms with E-state index in [0.717, 1.165) is 38.5 Å². The summed E-state index contributed by atoms with van der Waals surface area (Å²) in [5, 5.41) is 14.7. The van der Waals surface area contributed by atoms with Crippen molar-refractivity contribution >= 4 is 27.4 Å². The summed E-state index contributed by atoms with van der Waals surface area (Å²) in [4.78, 5) is 27.0. The molecule has 0 aromatic heterocycles. The van der Waals surface area contributed by atoms with Crippen LogP contribution in [-0.4, -0.2) is 73.9 Å². The van der Waals surface area contributed by atoms with E-state index in [1.807, 2.05) is 4.90 Å². The van der Waals surface area contributed by atoms with Crippen molar-refractivity contribution in [1.82, 2.24) is 14.5 Å². The molecular formula is C20H29N5O5S. The first-order valence-electron chi connectivity index (χ1n) is 11.0. The number of piperidine rings is 1. The van der Waals surface area contributed by atoms with Crippen LogP contribution in [0.25, 0.3) is 0 Å². The first-order chi connectivity index (χ1) is 14.9. The highest BCUT2D eigenvalue weighted by atomic mass is 32.2. The monoisotopic (exact) mass is 451 g/mol. The molecule has 0 saturated carbocycles. The van der Waals surface area contributed by atoms with Crippen LogP contribution in [0, 0.1) is 10.1 Å². The third-order valence-electron chi connectivity index (χ3n) is 6.41. The van der Waals surface area contributed by atoms with Crippen molar-refractivity contribution in [2.45, 2.75) is 49.5 Å². The second kappa shape index (κ2) is 8.99. The van der Waals surface area contributed by atoms with Crippen LogP contribution < -0.4 is 10.2 Å². The van der Waals surface area contributed by atoms with Crippen LogP contribution in [0.1, 0.15) is 38.5 Å². The van der Waals surface area contributed by atoms with E-state index in [1.54, 1.807) is 11.0 Å². The second-order valence-electron chi connectivity index (χ2n) is 8.39. The smallest absolute Gasteiger partial charge is 0.317 e. The van der Waals surface area contributed by atoms with E-state index >= 15 is 0 Å². The third-order valence-corrected chi connectivity index (χ3v) is 8.31. The molecular weight excluding hydrogens is 422 g/mol. The van der Waals surface area contributed by atoms with E-state index < -0.39 is 14.9 Å². The molecule has 31 heavy (non-hydrogen) atoms. The molecule has 1 atom stereocenters. The zero-order chi connectivity index (χ0) is 22.0. The topological polar surface area (TPSA) is 116 Å². The van der Waals surface area contributed by atoms with E-state index in [9.17, 15) is 23.3 Å². The number of nitrogens with one attached hydrogen (secondary N) is 1. The van der Waals surface area contributed by atoms with Gasteiger partial charge in [0.15, 0.2) is 0 Å². The van der Waals surface area contributed by atoms with Crippen molar-refractivity contribution in [2.75, 3.05) is 44.2 Å². The quantitative estimate of drug-likeness (QED) is 0.542. The molecule has 3 aliphatic rings. The van der Waals surface area contributed by atoms with Gasteiger partial charge in [-0.2, -0.15) is 4.31 Å². The number of amides is 2. The molecule has 2 amide bonds. The van der Waals surface area contributed by atoms with E-state index in [-0.39, 0.29) is 22.7 Å². The Hall–Kier alpha value is -2.40. The van der Waals surface area contributed by atoms with Crippen molar-refractivity contribution in [3.05, 3.63) is 28.3 Å². The minimum absolute atomic E-state index is 0.0173. The Morgan fingerprint density at radius 3 is 2.42 bits per heavy atom. The summed E-state index contributed by atoms with van der Waals surface area (Å²) >= 11 is 0. The van der Waals surface area contributed by atoms with Gasteiger partial charge in [-0.1, -0.05) is 12.8 Å². The van der Waals surface area contributed by atoms with Gasteiger partial charge in [-0.05, 0) is 37.8 Å². The van der Waals surface area contributed by atoms with Gasteiger partial charge in [-0.3, -0.25) is 10.1 Å². The average molecular weight is 452 g/mol. The molecule has 0 aliphatic carbocycles. The van der Waals surface area contributed by atoms with E-state index in [0.29, 0.717) is 45.0 Å². The van der Waals surface area contributed by atoms with E-state index in [2.05, 4.69) is 5.32 Å². The normalized spacial score (nSPS) is 23.5. The largest absolute Gasteiger partial charge is 0.364 e. The van der Waals surface area contributed by atoms with Gasteiger partial charge in [-0.15, -0.1) is 0 Å². The Kier molecular flexibility index (Phi) is 6.33. The number of carbonyl (C=O) groups excluding carboxylic acids is 1. The molecule has 1 aromatic carbocycles. The number of anilines is 1. The predicted octanol–water partition coefficient (Wildman–Crippen LogP) is 2.15. The lowest BCUT2D eigenvalue weighted by molar-refractivity contribution is -0.384. The molecule has 3 heterocycles. The van der Waals surface area contributed by atoms with Crippen LogP contribution in [0.3, 0.4) is 0 Å². The lowest BCUT2D eigenvalue weighted by Crippen LogP contribution is -2.49. The number of hydrogen-bond acceptors (Lipinski definition) is 6. The van der Waals surface area contributed by atoms with Crippen LogP contribution in [0.5, 0.6) is 0 Å². The Balaban J connectivity index is 1.60. The average Bonchev–Trinajstić information content (AvgIpc) is 3.01. The molecule has 10 nitrogen and oxygen atoms in total. The number of nitrogens with zero attached hydrogens (tertiary/aromatic N) is 4. The highest BCUT2D eigenvalue weighted by Gasteiger charge is 2.34. The summed E-state index contributed by atoms with van der Waals surface area (Å²) in [5.41, 5.74) is 0.201. The van der Waals surface area contributed by atoms with Gasteiger partial charge in [0.1, 0.15) is 5.69 Å². The van der Waals surface area contributed by atoms with Gasteiger partial charge in [0.2, 0.25) is 10.0 Å². The molecule has 0 spiro atoms. The molecule has 3 aliphatic heterocycles. The number of urea groups is 1. The lowest BCUT2D eigenvalue weighted by Gasteiger charge is -2.38. The number of benzene rings is 1. The summed E-state index contributed by atoms with van der Waals surface area (Å²) in [6.45, 7) is 3.26. The van der Waals surface area contributed by atoms with Crippen molar-refractivity contribution in [2.24, 2.45) is 0 Å². The Morgan fingerprint density at radius 1 is 1.03 bits per heavy atom. The van der Waals surface area contributed by atoms with Gasteiger partial charge in [-0.25, -0.2) is 13.2 Å². The Bertz CT molecular complexity index is 945. The van der Waals surface area contributed by atoms with Gasteiger partial charge in [0.25, 0.3) is 5.69 Å². The Morgan fingerprint density at radius 2 is 1.77 bits per heavy atom. The van der Waals surface area contributed by atoms with Gasteiger partial charge in [0, 0.05) is 45.3 Å². The molecule has 1 aromatic rings. The highest BCUT2D eigenvalue weighted by molar-refractivity contribution is 7.89. The zero-order valence-corrected chi connectivity index (χ0v) is 18.3. The minimum Gasteiger partial charge on any atom is -0.364 e. The number of nitro groups is 1. The molecule has 0 radical (unpaired) electrons. The third kappa shape index (κ3) is 4.47. The maximum absolute atomic E-state index is 13.1. The molecule has 3 fully saturated rings. The number of hydrogen-bond donors (Lipinski definition) is 1. The maximum Gasteiger partial charge on any atom is 0.317 e. The van der Waals surface area contributed by atoms with Crippen LogP contribution in [0.4, 0.5) is 16.2 Å². The second-order valence-corrected chi connectivity index (χ2v) is 10.3. The van der Waals surface area contributed by atoms with Gasteiger partial charge >= 0.3 is 6.03 Å². The summed E-state index contributed by atoms with van der Waals surface area (Å²) in [6.07, 6.45) is 5.25. The molecule has 1 N–H and O–H groups in total. The van der Waals surface area contributed by atoms with Gasteiger partial charge in [0.05, 0.1) is 15.9 Å². The number of nitro benzene ring substituents is 1. The number of rotatable bonds is 5. The molecule has 1 unspecified atom stereocenters. The van der Waals surface area contributed by atoms with Crippen LogP contribution in [0.15, 0.2) is 23.1 Å². The predicted molar refractivity (Wildman–Crippen MR) is 116 cm³/mol. The van der Waals surface area contributed by atoms with Crippen molar-refractivity contribution < 1.29 is 18.1 Å². The molecule has 11 heteroatoms. The van der Waals surface area contributed by atoms with Crippen LogP contribution in [0.2, 0.25) is 0 Å². The highest BCUT2D eigenvalue weighted by Crippen LogP contribution is 2.34.